The van der Waals surface area contributed by atoms with Crippen LogP contribution in [0.3, 0.4) is 0 Å². The van der Waals surface area contributed by atoms with E-state index < -0.39 is 0 Å². The summed E-state index contributed by atoms with van der Waals surface area (Å²) in [6.07, 6.45) is 5.11. The molecule has 7 nitrogen and oxygen atoms in total. The molecule has 0 saturated carbocycles. The zero-order chi connectivity index (χ0) is 23.3. The maximum Gasteiger partial charge on any atom is 0.261 e. The summed E-state index contributed by atoms with van der Waals surface area (Å²) in [7, 11) is 0. The highest BCUT2D eigenvalue weighted by molar-refractivity contribution is 7.14. The molecule has 0 unspecified atom stereocenters. The molecule has 1 N–H and O–H groups in total. The van der Waals surface area contributed by atoms with Gasteiger partial charge in [-0.05, 0) is 43.3 Å². The molecule has 3 aromatic heterocycles. The number of hydrogen-bond donors (Lipinski definition) is 1. The summed E-state index contributed by atoms with van der Waals surface area (Å²) in [4.78, 5) is 22.1. The summed E-state index contributed by atoms with van der Waals surface area (Å²) in [6, 6.07) is 21.1. The molecule has 3 heterocycles. The molecule has 0 bridgehead atoms. The van der Waals surface area contributed by atoms with Gasteiger partial charge in [0.25, 0.3) is 5.91 Å². The van der Waals surface area contributed by atoms with E-state index in [2.05, 4.69) is 20.4 Å². The fourth-order valence-electron chi connectivity index (χ4n) is 3.55. The number of benzene rings is 2. The molecular formula is C26H21N5O2S. The predicted octanol–water partition coefficient (Wildman–Crippen LogP) is 5.71. The van der Waals surface area contributed by atoms with Gasteiger partial charge in [-0.15, -0.1) is 11.3 Å². The quantitative estimate of drug-likeness (QED) is 0.332. The van der Waals surface area contributed by atoms with Gasteiger partial charge in [-0.3, -0.25) is 15.1 Å². The zero-order valence-corrected chi connectivity index (χ0v) is 19.2. The van der Waals surface area contributed by atoms with Crippen LogP contribution in [0, 0.1) is 0 Å². The molecule has 0 aliphatic heterocycles. The topological polar surface area (TPSA) is 81.9 Å². The molecule has 0 radical (unpaired) electrons. The van der Waals surface area contributed by atoms with Crippen molar-refractivity contribution in [3.8, 4) is 34.0 Å². The van der Waals surface area contributed by atoms with E-state index in [9.17, 15) is 4.79 Å². The molecule has 0 aliphatic carbocycles. The van der Waals surface area contributed by atoms with Gasteiger partial charge in [0.15, 0.2) is 5.13 Å². The number of anilines is 1. The van der Waals surface area contributed by atoms with Crippen molar-refractivity contribution in [2.75, 3.05) is 11.9 Å². The number of rotatable bonds is 7. The Morgan fingerprint density at radius 3 is 2.68 bits per heavy atom. The number of aromatic nitrogens is 4. The van der Waals surface area contributed by atoms with Crippen LogP contribution < -0.4 is 10.1 Å². The van der Waals surface area contributed by atoms with E-state index in [1.807, 2.05) is 79.0 Å². The molecule has 0 fully saturated rings. The summed E-state index contributed by atoms with van der Waals surface area (Å²) in [5, 5.41) is 10.0. The van der Waals surface area contributed by atoms with Gasteiger partial charge >= 0.3 is 0 Å². The van der Waals surface area contributed by atoms with E-state index in [4.69, 9.17) is 4.74 Å². The van der Waals surface area contributed by atoms with Gasteiger partial charge in [0.2, 0.25) is 0 Å². The van der Waals surface area contributed by atoms with Crippen LogP contribution in [0.5, 0.6) is 5.75 Å². The molecule has 0 atom stereocenters. The second kappa shape index (κ2) is 9.68. The maximum atomic E-state index is 13.3. The molecule has 168 valence electrons. The fourth-order valence-corrected chi connectivity index (χ4v) is 4.25. The SMILES string of the molecule is CCOc1ccccc1-c1csc(NC(=O)c2cn(-c3ccccc3)nc2-c2cccnc2)n1. The number of thiazole rings is 1. The van der Waals surface area contributed by atoms with Gasteiger partial charge in [0.05, 0.1) is 23.6 Å². The number of pyridine rings is 1. The van der Waals surface area contributed by atoms with E-state index in [1.54, 1.807) is 23.3 Å². The Hall–Kier alpha value is -4.30. The Morgan fingerprint density at radius 1 is 1.06 bits per heavy atom. The first-order valence-corrected chi connectivity index (χ1v) is 11.7. The second-order valence-electron chi connectivity index (χ2n) is 7.33. The zero-order valence-electron chi connectivity index (χ0n) is 18.4. The van der Waals surface area contributed by atoms with Crippen LogP contribution >= 0.6 is 11.3 Å². The molecule has 1 amide bonds. The molecular weight excluding hydrogens is 446 g/mol. The standard InChI is InChI=1S/C26H21N5O2S/c1-2-33-23-13-7-6-12-20(23)22-17-34-26(28-22)29-25(32)21-16-31(19-10-4-3-5-11-19)30-24(21)18-9-8-14-27-15-18/h3-17H,2H2,1H3,(H,28,29,32). The monoisotopic (exact) mass is 467 g/mol. The van der Waals surface area contributed by atoms with Crippen LogP contribution in [-0.2, 0) is 0 Å². The van der Waals surface area contributed by atoms with Crippen LogP contribution in [0.25, 0.3) is 28.2 Å². The molecule has 0 aliphatic rings. The Morgan fingerprint density at radius 2 is 1.88 bits per heavy atom. The minimum absolute atomic E-state index is 0.292. The Bertz CT molecular complexity index is 1410. The van der Waals surface area contributed by atoms with Gasteiger partial charge in [-0.1, -0.05) is 30.3 Å². The fraction of sp³-hybridized carbons (Fsp3) is 0.0769. The average molecular weight is 468 g/mol. The van der Waals surface area contributed by atoms with Gasteiger partial charge in [0, 0.05) is 35.1 Å². The highest BCUT2D eigenvalue weighted by Gasteiger charge is 2.20. The Balaban J connectivity index is 1.46. The molecule has 34 heavy (non-hydrogen) atoms. The summed E-state index contributed by atoms with van der Waals surface area (Å²) in [6.45, 7) is 2.51. The number of ether oxygens (including phenoxy) is 1. The first kappa shape index (κ1) is 21.5. The van der Waals surface area contributed by atoms with Gasteiger partial charge < -0.3 is 4.74 Å². The van der Waals surface area contributed by atoms with Crippen LogP contribution in [0.15, 0.2) is 90.7 Å². The lowest BCUT2D eigenvalue weighted by atomic mass is 10.1. The van der Waals surface area contributed by atoms with Crippen molar-refractivity contribution in [3.63, 3.8) is 0 Å². The van der Waals surface area contributed by atoms with E-state index in [1.165, 1.54) is 11.3 Å². The average Bonchev–Trinajstić information content (AvgIpc) is 3.53. The first-order valence-electron chi connectivity index (χ1n) is 10.8. The van der Waals surface area contributed by atoms with Crippen molar-refractivity contribution >= 4 is 22.4 Å². The lowest BCUT2D eigenvalue weighted by Crippen LogP contribution is -2.12. The third-order valence-corrected chi connectivity index (χ3v) is 5.86. The van der Waals surface area contributed by atoms with E-state index >= 15 is 0 Å². The van der Waals surface area contributed by atoms with Crippen molar-refractivity contribution in [3.05, 3.63) is 96.3 Å². The molecule has 5 rings (SSSR count). The number of para-hydroxylation sites is 2. The van der Waals surface area contributed by atoms with Crippen molar-refractivity contribution in [2.45, 2.75) is 6.92 Å². The van der Waals surface area contributed by atoms with Gasteiger partial charge in [-0.25, -0.2) is 9.67 Å². The van der Waals surface area contributed by atoms with E-state index in [0.29, 0.717) is 23.0 Å². The van der Waals surface area contributed by atoms with Crippen LogP contribution in [-0.4, -0.2) is 32.3 Å². The summed E-state index contributed by atoms with van der Waals surface area (Å²) in [5.41, 5.74) is 4.23. The van der Waals surface area contributed by atoms with E-state index in [-0.39, 0.29) is 5.91 Å². The number of amides is 1. The Labute approximate surface area is 200 Å². The molecule has 2 aromatic carbocycles. The normalized spacial score (nSPS) is 10.7. The summed E-state index contributed by atoms with van der Waals surface area (Å²) < 4.78 is 7.42. The lowest BCUT2D eigenvalue weighted by molar-refractivity contribution is 0.102. The smallest absolute Gasteiger partial charge is 0.261 e. The number of nitrogens with zero attached hydrogens (tertiary/aromatic N) is 4. The maximum absolute atomic E-state index is 13.3. The van der Waals surface area contributed by atoms with Crippen LogP contribution in [0.2, 0.25) is 0 Å². The van der Waals surface area contributed by atoms with Crippen LogP contribution in [0.1, 0.15) is 17.3 Å². The predicted molar refractivity (Wildman–Crippen MR) is 133 cm³/mol. The molecule has 0 saturated heterocycles. The summed E-state index contributed by atoms with van der Waals surface area (Å²) in [5.74, 6) is 0.469. The largest absolute Gasteiger partial charge is 0.493 e. The first-order chi connectivity index (χ1) is 16.7. The number of hydrogen-bond acceptors (Lipinski definition) is 6. The highest BCUT2D eigenvalue weighted by atomic mass is 32.1. The lowest BCUT2D eigenvalue weighted by Gasteiger charge is -2.07. The molecule has 8 heteroatoms. The Kier molecular flexibility index (Phi) is 6.13. The van der Waals surface area contributed by atoms with Crippen molar-refractivity contribution < 1.29 is 9.53 Å². The highest BCUT2D eigenvalue weighted by Crippen LogP contribution is 2.32. The number of carbonyl (C=O) groups excluding carboxylic acids is 1. The van der Waals surface area contributed by atoms with Gasteiger partial charge in [-0.2, -0.15) is 5.10 Å². The second-order valence-corrected chi connectivity index (χ2v) is 8.19. The third-order valence-electron chi connectivity index (χ3n) is 5.10. The molecule has 0 spiro atoms. The van der Waals surface area contributed by atoms with E-state index in [0.717, 1.165) is 28.3 Å². The van der Waals surface area contributed by atoms with Crippen LogP contribution in [0.4, 0.5) is 5.13 Å². The number of nitrogens with one attached hydrogen (secondary N) is 1. The minimum Gasteiger partial charge on any atom is -0.493 e. The third kappa shape index (κ3) is 4.44. The van der Waals surface area contributed by atoms with Crippen molar-refractivity contribution in [1.82, 2.24) is 19.7 Å². The number of carbonyl (C=O) groups is 1. The van der Waals surface area contributed by atoms with Gasteiger partial charge in [0.1, 0.15) is 11.4 Å². The summed E-state index contributed by atoms with van der Waals surface area (Å²) >= 11 is 1.36. The minimum atomic E-state index is -0.292. The van der Waals surface area contributed by atoms with Crippen molar-refractivity contribution in [1.29, 1.82) is 0 Å². The molecule has 5 aromatic rings. The van der Waals surface area contributed by atoms with Crippen molar-refractivity contribution in [2.24, 2.45) is 0 Å².